The standard InChI is InChI=1S/C13H23N3O2/c1-10(2)14-6-11-7-16(9-15-11)8-13(3,4)12(17)18-5/h7,9-10,14H,6,8H2,1-5H3. The van der Waals surface area contributed by atoms with E-state index in [1.54, 1.807) is 6.33 Å². The Balaban J connectivity index is 2.61. The van der Waals surface area contributed by atoms with E-state index in [1.807, 2.05) is 24.6 Å². The maximum atomic E-state index is 11.6. The first kappa shape index (κ1) is 14.7. The van der Waals surface area contributed by atoms with Crippen molar-refractivity contribution in [3.8, 4) is 0 Å². The molecule has 0 aliphatic rings. The summed E-state index contributed by atoms with van der Waals surface area (Å²) in [5, 5.41) is 3.30. The topological polar surface area (TPSA) is 56.2 Å². The van der Waals surface area contributed by atoms with Gasteiger partial charge < -0.3 is 14.6 Å². The number of ether oxygens (including phenoxy) is 1. The largest absolute Gasteiger partial charge is 0.469 e. The fourth-order valence-electron chi connectivity index (χ4n) is 1.69. The Morgan fingerprint density at radius 1 is 1.56 bits per heavy atom. The molecule has 0 bridgehead atoms. The van der Waals surface area contributed by atoms with Crippen LogP contribution in [0.3, 0.4) is 0 Å². The number of esters is 1. The van der Waals surface area contributed by atoms with Crippen molar-refractivity contribution in [1.82, 2.24) is 14.9 Å². The average Bonchev–Trinajstić information content (AvgIpc) is 2.72. The van der Waals surface area contributed by atoms with Crippen molar-refractivity contribution in [2.45, 2.75) is 46.8 Å². The summed E-state index contributed by atoms with van der Waals surface area (Å²) in [5.41, 5.74) is 0.433. The zero-order chi connectivity index (χ0) is 13.8. The lowest BCUT2D eigenvalue weighted by atomic mass is 9.94. The molecule has 18 heavy (non-hydrogen) atoms. The highest BCUT2D eigenvalue weighted by Crippen LogP contribution is 2.20. The van der Waals surface area contributed by atoms with Gasteiger partial charge in [0.15, 0.2) is 0 Å². The normalized spacial score (nSPS) is 11.9. The van der Waals surface area contributed by atoms with Crippen molar-refractivity contribution >= 4 is 5.97 Å². The smallest absolute Gasteiger partial charge is 0.313 e. The lowest BCUT2D eigenvalue weighted by molar-refractivity contribution is -0.151. The number of nitrogens with one attached hydrogen (secondary N) is 1. The third kappa shape index (κ3) is 4.14. The van der Waals surface area contributed by atoms with E-state index >= 15 is 0 Å². The first-order chi connectivity index (χ1) is 8.35. The van der Waals surface area contributed by atoms with E-state index in [9.17, 15) is 4.79 Å². The Kier molecular flexibility index (Phi) is 4.90. The van der Waals surface area contributed by atoms with Crippen molar-refractivity contribution in [1.29, 1.82) is 0 Å². The number of hydrogen-bond acceptors (Lipinski definition) is 4. The van der Waals surface area contributed by atoms with Crippen LogP contribution in [-0.2, 0) is 22.6 Å². The minimum atomic E-state index is -0.543. The van der Waals surface area contributed by atoms with E-state index in [0.717, 1.165) is 12.2 Å². The van der Waals surface area contributed by atoms with Crippen molar-refractivity contribution in [3.63, 3.8) is 0 Å². The Morgan fingerprint density at radius 2 is 2.22 bits per heavy atom. The summed E-state index contributed by atoms with van der Waals surface area (Å²) >= 11 is 0. The van der Waals surface area contributed by atoms with E-state index < -0.39 is 5.41 Å². The van der Waals surface area contributed by atoms with Gasteiger partial charge in [0.25, 0.3) is 0 Å². The van der Waals surface area contributed by atoms with Crippen molar-refractivity contribution in [2.24, 2.45) is 5.41 Å². The fourth-order valence-corrected chi connectivity index (χ4v) is 1.69. The molecule has 0 aromatic carbocycles. The number of carbonyl (C=O) groups is 1. The zero-order valence-corrected chi connectivity index (χ0v) is 11.9. The Morgan fingerprint density at radius 3 is 2.78 bits per heavy atom. The van der Waals surface area contributed by atoms with Crippen LogP contribution in [-0.4, -0.2) is 28.7 Å². The predicted octanol–water partition coefficient (Wildman–Crippen LogP) is 1.58. The molecule has 0 aliphatic carbocycles. The molecule has 5 nitrogen and oxygen atoms in total. The van der Waals surface area contributed by atoms with Gasteiger partial charge in [-0.05, 0) is 13.8 Å². The lowest BCUT2D eigenvalue weighted by Crippen LogP contribution is -2.30. The third-order valence-corrected chi connectivity index (χ3v) is 2.69. The van der Waals surface area contributed by atoms with Gasteiger partial charge in [0.2, 0.25) is 0 Å². The Hall–Kier alpha value is -1.36. The first-order valence-electron chi connectivity index (χ1n) is 6.17. The number of aromatic nitrogens is 2. The second kappa shape index (κ2) is 6.00. The molecule has 1 aromatic rings. The van der Waals surface area contributed by atoms with Crippen LogP contribution in [0.4, 0.5) is 0 Å². The van der Waals surface area contributed by atoms with Crippen molar-refractivity contribution in [2.75, 3.05) is 7.11 Å². The number of hydrogen-bond donors (Lipinski definition) is 1. The van der Waals surface area contributed by atoms with Crippen LogP contribution in [0, 0.1) is 5.41 Å². The van der Waals surface area contributed by atoms with Gasteiger partial charge in [-0.25, -0.2) is 4.98 Å². The van der Waals surface area contributed by atoms with Gasteiger partial charge in [-0.2, -0.15) is 0 Å². The molecule has 0 saturated heterocycles. The SMILES string of the molecule is COC(=O)C(C)(C)Cn1cnc(CNC(C)C)c1. The highest BCUT2D eigenvalue weighted by Gasteiger charge is 2.29. The van der Waals surface area contributed by atoms with Crippen LogP contribution in [0.5, 0.6) is 0 Å². The van der Waals surface area contributed by atoms with Crippen LogP contribution in [0.1, 0.15) is 33.4 Å². The third-order valence-electron chi connectivity index (χ3n) is 2.69. The van der Waals surface area contributed by atoms with Gasteiger partial charge in [0, 0.05) is 25.3 Å². The maximum Gasteiger partial charge on any atom is 0.313 e. The highest BCUT2D eigenvalue weighted by atomic mass is 16.5. The second-order valence-corrected chi connectivity index (χ2v) is 5.45. The van der Waals surface area contributed by atoms with E-state index in [1.165, 1.54) is 7.11 Å². The summed E-state index contributed by atoms with van der Waals surface area (Å²) in [6.45, 7) is 9.22. The fraction of sp³-hybridized carbons (Fsp3) is 0.692. The molecule has 0 spiro atoms. The van der Waals surface area contributed by atoms with Crippen molar-refractivity contribution < 1.29 is 9.53 Å². The summed E-state index contributed by atoms with van der Waals surface area (Å²) in [6.07, 6.45) is 3.71. The molecule has 1 heterocycles. The van der Waals surface area contributed by atoms with E-state index in [4.69, 9.17) is 4.74 Å². The number of imidazole rings is 1. The van der Waals surface area contributed by atoms with E-state index in [0.29, 0.717) is 12.6 Å². The molecule has 1 N–H and O–H groups in total. The molecular formula is C13H23N3O2. The number of methoxy groups -OCH3 is 1. The first-order valence-corrected chi connectivity index (χ1v) is 6.17. The highest BCUT2D eigenvalue weighted by molar-refractivity contribution is 5.75. The zero-order valence-electron chi connectivity index (χ0n) is 11.9. The molecule has 0 fully saturated rings. The molecule has 0 unspecified atom stereocenters. The molecule has 0 aliphatic heterocycles. The van der Waals surface area contributed by atoms with Crippen LogP contribution in [0.15, 0.2) is 12.5 Å². The number of carbonyl (C=O) groups excluding carboxylic acids is 1. The molecule has 1 rings (SSSR count). The average molecular weight is 253 g/mol. The molecular weight excluding hydrogens is 230 g/mol. The lowest BCUT2D eigenvalue weighted by Gasteiger charge is -2.21. The van der Waals surface area contributed by atoms with E-state index in [2.05, 4.69) is 24.1 Å². The predicted molar refractivity (Wildman–Crippen MR) is 70.0 cm³/mol. The number of rotatable bonds is 6. The van der Waals surface area contributed by atoms with Gasteiger partial charge in [-0.15, -0.1) is 0 Å². The molecule has 1 aromatic heterocycles. The molecule has 5 heteroatoms. The van der Waals surface area contributed by atoms with Gasteiger partial charge >= 0.3 is 5.97 Å². The monoisotopic (exact) mass is 253 g/mol. The molecule has 0 radical (unpaired) electrons. The second-order valence-electron chi connectivity index (χ2n) is 5.45. The quantitative estimate of drug-likeness (QED) is 0.782. The minimum Gasteiger partial charge on any atom is -0.469 e. The Labute approximate surface area is 109 Å². The Bertz CT molecular complexity index is 397. The molecule has 0 atom stereocenters. The van der Waals surface area contributed by atoms with Crippen LogP contribution < -0.4 is 5.32 Å². The summed E-state index contributed by atoms with van der Waals surface area (Å²) in [5.74, 6) is -0.210. The summed E-state index contributed by atoms with van der Waals surface area (Å²) < 4.78 is 6.71. The molecule has 0 saturated carbocycles. The van der Waals surface area contributed by atoms with Gasteiger partial charge in [-0.3, -0.25) is 4.79 Å². The van der Waals surface area contributed by atoms with E-state index in [-0.39, 0.29) is 5.97 Å². The van der Waals surface area contributed by atoms with Crippen molar-refractivity contribution in [3.05, 3.63) is 18.2 Å². The maximum absolute atomic E-state index is 11.6. The summed E-state index contributed by atoms with van der Waals surface area (Å²) in [7, 11) is 1.41. The van der Waals surface area contributed by atoms with Crippen LogP contribution in [0.25, 0.3) is 0 Å². The van der Waals surface area contributed by atoms with Gasteiger partial charge in [0.1, 0.15) is 0 Å². The molecule has 0 amide bonds. The van der Waals surface area contributed by atoms with Gasteiger partial charge in [0.05, 0.1) is 24.5 Å². The minimum absolute atomic E-state index is 0.210. The van der Waals surface area contributed by atoms with Crippen LogP contribution >= 0.6 is 0 Å². The summed E-state index contributed by atoms with van der Waals surface area (Å²) in [6, 6.07) is 0.432. The summed E-state index contributed by atoms with van der Waals surface area (Å²) in [4.78, 5) is 15.9. The van der Waals surface area contributed by atoms with Gasteiger partial charge in [-0.1, -0.05) is 13.8 Å². The molecule has 102 valence electrons. The number of nitrogens with zero attached hydrogens (tertiary/aromatic N) is 2. The van der Waals surface area contributed by atoms with Crippen LogP contribution in [0.2, 0.25) is 0 Å².